The zero-order valence-electron chi connectivity index (χ0n) is 13.0. The van der Waals surface area contributed by atoms with Gasteiger partial charge in [0.15, 0.2) is 0 Å². The summed E-state index contributed by atoms with van der Waals surface area (Å²) < 4.78 is 0. The number of non-ortho nitro benzene ring substituents is 1. The molecule has 0 heterocycles. The summed E-state index contributed by atoms with van der Waals surface area (Å²) in [5, 5.41) is 19.2. The van der Waals surface area contributed by atoms with Crippen molar-refractivity contribution < 1.29 is 9.72 Å². The second-order valence-electron chi connectivity index (χ2n) is 5.20. The molecule has 0 unspecified atom stereocenters. The van der Waals surface area contributed by atoms with E-state index in [4.69, 9.17) is 0 Å². The molecule has 0 saturated heterocycles. The zero-order valence-corrected chi connectivity index (χ0v) is 13.0. The van der Waals surface area contributed by atoms with Crippen LogP contribution < -0.4 is 10.7 Å². The Labute approximate surface area is 143 Å². The van der Waals surface area contributed by atoms with Crippen molar-refractivity contribution >= 4 is 34.4 Å². The monoisotopic (exact) mass is 334 g/mol. The van der Waals surface area contributed by atoms with Gasteiger partial charge in [0.2, 0.25) is 0 Å². The Hall–Kier alpha value is -3.74. The van der Waals surface area contributed by atoms with Crippen LogP contribution in [0.15, 0.2) is 71.8 Å². The highest BCUT2D eigenvalue weighted by Crippen LogP contribution is 2.17. The van der Waals surface area contributed by atoms with E-state index in [0.29, 0.717) is 5.69 Å². The van der Waals surface area contributed by atoms with Crippen LogP contribution in [0.1, 0.15) is 5.56 Å². The molecular formula is C18H14N4O3. The van der Waals surface area contributed by atoms with E-state index in [0.717, 1.165) is 16.3 Å². The Morgan fingerprint density at radius 2 is 1.72 bits per heavy atom. The molecule has 0 atom stereocenters. The molecule has 0 radical (unpaired) electrons. The molecule has 3 aromatic carbocycles. The Morgan fingerprint density at radius 1 is 1.00 bits per heavy atom. The molecular weight excluding hydrogens is 320 g/mol. The average molecular weight is 334 g/mol. The first kappa shape index (κ1) is 16.1. The second-order valence-corrected chi connectivity index (χ2v) is 5.20. The lowest BCUT2D eigenvalue weighted by Gasteiger charge is -2.04. The van der Waals surface area contributed by atoms with Gasteiger partial charge in [-0.3, -0.25) is 10.1 Å². The van der Waals surface area contributed by atoms with Gasteiger partial charge in [0.05, 0.1) is 11.1 Å². The third-order valence-electron chi connectivity index (χ3n) is 3.53. The predicted octanol–water partition coefficient (Wildman–Crippen LogP) is 3.90. The maximum absolute atomic E-state index is 11.8. The predicted molar refractivity (Wildman–Crippen MR) is 96.8 cm³/mol. The number of hydrazone groups is 1. The third-order valence-corrected chi connectivity index (χ3v) is 3.53. The fraction of sp³-hybridized carbons (Fsp3) is 0. The summed E-state index contributed by atoms with van der Waals surface area (Å²) in [6.07, 6.45) is 1.57. The molecule has 0 saturated carbocycles. The molecule has 7 heteroatoms. The fourth-order valence-corrected chi connectivity index (χ4v) is 2.35. The molecule has 3 rings (SSSR count). The molecule has 0 aliphatic heterocycles. The van der Waals surface area contributed by atoms with Crippen molar-refractivity contribution in [2.75, 3.05) is 5.32 Å². The smallest absolute Gasteiger partial charge is 0.307 e. The van der Waals surface area contributed by atoms with E-state index in [2.05, 4.69) is 15.8 Å². The van der Waals surface area contributed by atoms with Crippen LogP contribution in [0.25, 0.3) is 10.8 Å². The van der Waals surface area contributed by atoms with Gasteiger partial charge in [0.25, 0.3) is 5.69 Å². The number of carbonyl (C=O) groups excluding carboxylic acids is 1. The summed E-state index contributed by atoms with van der Waals surface area (Å²) in [4.78, 5) is 21.9. The first-order valence-electron chi connectivity index (χ1n) is 7.46. The molecule has 0 fully saturated rings. The van der Waals surface area contributed by atoms with E-state index in [-0.39, 0.29) is 5.69 Å². The normalized spacial score (nSPS) is 10.7. The van der Waals surface area contributed by atoms with E-state index in [9.17, 15) is 14.9 Å². The van der Waals surface area contributed by atoms with Gasteiger partial charge < -0.3 is 5.32 Å². The van der Waals surface area contributed by atoms with Crippen molar-refractivity contribution in [3.63, 3.8) is 0 Å². The van der Waals surface area contributed by atoms with Gasteiger partial charge in [-0.25, -0.2) is 10.2 Å². The van der Waals surface area contributed by atoms with E-state index < -0.39 is 11.0 Å². The maximum Gasteiger partial charge on any atom is 0.339 e. The zero-order chi connectivity index (χ0) is 17.6. The molecule has 0 bridgehead atoms. The number of amides is 2. The lowest BCUT2D eigenvalue weighted by atomic mass is 10.1. The highest BCUT2D eigenvalue weighted by Gasteiger charge is 2.05. The van der Waals surface area contributed by atoms with Crippen molar-refractivity contribution in [2.45, 2.75) is 0 Å². The number of rotatable bonds is 4. The Bertz CT molecular complexity index is 947. The van der Waals surface area contributed by atoms with E-state index in [1.165, 1.54) is 24.3 Å². The van der Waals surface area contributed by atoms with E-state index in [1.54, 1.807) is 6.21 Å². The van der Waals surface area contributed by atoms with Crippen LogP contribution in [-0.4, -0.2) is 17.2 Å². The first-order chi connectivity index (χ1) is 12.1. The van der Waals surface area contributed by atoms with Crippen LogP contribution >= 0.6 is 0 Å². The Kier molecular flexibility index (Phi) is 4.66. The molecule has 7 nitrogen and oxygen atoms in total. The minimum absolute atomic E-state index is 0.0417. The van der Waals surface area contributed by atoms with Crippen molar-refractivity contribution in [1.29, 1.82) is 0 Å². The van der Waals surface area contributed by atoms with Gasteiger partial charge in [-0.15, -0.1) is 0 Å². The molecule has 2 amide bonds. The van der Waals surface area contributed by atoms with Crippen LogP contribution in [-0.2, 0) is 0 Å². The molecule has 25 heavy (non-hydrogen) atoms. The number of nitro groups is 1. The molecule has 0 spiro atoms. The lowest BCUT2D eigenvalue weighted by Crippen LogP contribution is -2.24. The number of hydrogen-bond donors (Lipinski definition) is 2. The summed E-state index contributed by atoms with van der Waals surface area (Å²) in [7, 11) is 0. The summed E-state index contributed by atoms with van der Waals surface area (Å²) in [6.45, 7) is 0. The average Bonchev–Trinajstić information content (AvgIpc) is 2.62. The molecule has 2 N–H and O–H groups in total. The highest BCUT2D eigenvalue weighted by atomic mass is 16.6. The minimum Gasteiger partial charge on any atom is -0.307 e. The number of carbonyl (C=O) groups is 1. The number of urea groups is 1. The number of nitrogens with one attached hydrogen (secondary N) is 2. The molecule has 3 aromatic rings. The van der Waals surface area contributed by atoms with Crippen molar-refractivity contribution in [3.05, 3.63) is 82.4 Å². The van der Waals surface area contributed by atoms with Gasteiger partial charge in [-0.1, -0.05) is 42.5 Å². The van der Waals surface area contributed by atoms with Gasteiger partial charge in [0, 0.05) is 23.4 Å². The summed E-state index contributed by atoms with van der Waals surface area (Å²) in [5.74, 6) is 0. The quantitative estimate of drug-likeness (QED) is 0.430. The number of benzene rings is 3. The third kappa shape index (κ3) is 3.97. The van der Waals surface area contributed by atoms with Gasteiger partial charge in [-0.2, -0.15) is 5.10 Å². The van der Waals surface area contributed by atoms with Crippen LogP contribution in [0, 0.1) is 10.1 Å². The van der Waals surface area contributed by atoms with Crippen LogP contribution in [0.3, 0.4) is 0 Å². The number of hydrogen-bond acceptors (Lipinski definition) is 4. The van der Waals surface area contributed by atoms with Crippen molar-refractivity contribution in [2.24, 2.45) is 5.10 Å². The van der Waals surface area contributed by atoms with Gasteiger partial charge in [0.1, 0.15) is 0 Å². The van der Waals surface area contributed by atoms with Crippen molar-refractivity contribution in [3.8, 4) is 0 Å². The summed E-state index contributed by atoms with van der Waals surface area (Å²) in [5.41, 5.74) is 3.64. The van der Waals surface area contributed by atoms with Gasteiger partial charge in [-0.05, 0) is 22.9 Å². The topological polar surface area (TPSA) is 96.6 Å². The Balaban J connectivity index is 1.63. The highest BCUT2D eigenvalue weighted by molar-refractivity contribution is 6.00. The molecule has 0 aliphatic carbocycles. The molecule has 0 aromatic heterocycles. The van der Waals surface area contributed by atoms with E-state index in [1.807, 2.05) is 42.5 Å². The number of nitrogens with zero attached hydrogens (tertiary/aromatic N) is 2. The van der Waals surface area contributed by atoms with Crippen LogP contribution in [0.5, 0.6) is 0 Å². The molecule has 124 valence electrons. The van der Waals surface area contributed by atoms with Crippen molar-refractivity contribution in [1.82, 2.24) is 5.43 Å². The lowest BCUT2D eigenvalue weighted by molar-refractivity contribution is -0.384. The summed E-state index contributed by atoms with van der Waals surface area (Å²) in [6, 6.07) is 18.7. The first-order valence-corrected chi connectivity index (χ1v) is 7.46. The Morgan fingerprint density at radius 3 is 2.48 bits per heavy atom. The fourth-order valence-electron chi connectivity index (χ4n) is 2.35. The summed E-state index contributed by atoms with van der Waals surface area (Å²) >= 11 is 0. The molecule has 0 aliphatic rings. The SMILES string of the molecule is O=C(N/N=C\c1cccc2ccccc12)Nc1ccc([N+](=O)[O-])cc1. The minimum atomic E-state index is -0.537. The van der Waals surface area contributed by atoms with Gasteiger partial charge >= 0.3 is 6.03 Å². The number of anilines is 1. The van der Waals surface area contributed by atoms with Crippen LogP contribution in [0.2, 0.25) is 0 Å². The van der Waals surface area contributed by atoms with Crippen LogP contribution in [0.4, 0.5) is 16.2 Å². The maximum atomic E-state index is 11.8. The standard InChI is InChI=1S/C18H14N4O3/c23-18(20-15-8-10-16(11-9-15)22(24)25)21-19-12-14-6-3-5-13-4-1-2-7-17(13)14/h1-12H,(H2,20,21,23)/b19-12-. The largest absolute Gasteiger partial charge is 0.339 e. The number of fused-ring (bicyclic) bond motifs is 1. The number of nitro benzene ring substituents is 1. The van der Waals surface area contributed by atoms with E-state index >= 15 is 0 Å². The second kappa shape index (κ2) is 7.22.